The van der Waals surface area contributed by atoms with E-state index in [1.807, 2.05) is 0 Å². The fourth-order valence-corrected chi connectivity index (χ4v) is 2.15. The number of nitrogens with zero attached hydrogens (tertiary/aromatic N) is 2. The van der Waals surface area contributed by atoms with E-state index in [0.717, 1.165) is 10.8 Å². The van der Waals surface area contributed by atoms with Gasteiger partial charge in [0, 0.05) is 22.3 Å². The number of carbonyl (C=O) groups is 1. The van der Waals surface area contributed by atoms with Gasteiger partial charge in [-0.3, -0.25) is 24.3 Å². The van der Waals surface area contributed by atoms with Crippen LogP contribution in [-0.2, 0) is 4.79 Å². The van der Waals surface area contributed by atoms with E-state index in [4.69, 9.17) is 11.6 Å². The van der Waals surface area contributed by atoms with Crippen molar-refractivity contribution in [2.75, 3.05) is 5.32 Å². The summed E-state index contributed by atoms with van der Waals surface area (Å²) in [5.74, 6) is -0.464. The van der Waals surface area contributed by atoms with E-state index < -0.39 is 22.4 Å². The molecule has 0 saturated heterocycles. The Bertz CT molecular complexity index is 814. The average molecular weight is 336 g/mol. The first kappa shape index (κ1) is 16.7. The quantitative estimate of drug-likeness (QED) is 0.686. The van der Waals surface area contributed by atoms with Gasteiger partial charge in [0.25, 0.3) is 11.2 Å². The minimum atomic E-state index is -0.906. The van der Waals surface area contributed by atoms with Crippen molar-refractivity contribution in [2.45, 2.75) is 19.9 Å². The van der Waals surface area contributed by atoms with Gasteiger partial charge in [-0.25, -0.2) is 0 Å². The van der Waals surface area contributed by atoms with Crippen molar-refractivity contribution >= 4 is 28.9 Å². The molecule has 0 spiro atoms. The molecule has 0 bridgehead atoms. The lowest BCUT2D eigenvalue weighted by atomic mass is 10.2. The van der Waals surface area contributed by atoms with Crippen LogP contribution in [0.3, 0.4) is 0 Å². The Kier molecular flexibility index (Phi) is 4.80. The summed E-state index contributed by atoms with van der Waals surface area (Å²) in [6.07, 6.45) is 1.07. The first-order chi connectivity index (χ1) is 10.8. The van der Waals surface area contributed by atoms with Crippen LogP contribution in [0.1, 0.15) is 18.5 Å². The zero-order valence-corrected chi connectivity index (χ0v) is 13.2. The summed E-state index contributed by atoms with van der Waals surface area (Å²) >= 11 is 5.77. The van der Waals surface area contributed by atoms with E-state index in [0.29, 0.717) is 10.7 Å². The molecule has 1 aromatic carbocycles. The van der Waals surface area contributed by atoms with Gasteiger partial charge in [-0.15, -0.1) is 0 Å². The summed E-state index contributed by atoms with van der Waals surface area (Å²) in [5.41, 5.74) is 0.0226. The zero-order chi connectivity index (χ0) is 17.1. The molecule has 1 atom stereocenters. The van der Waals surface area contributed by atoms with Gasteiger partial charge in [0.2, 0.25) is 5.91 Å². The third kappa shape index (κ3) is 3.75. The van der Waals surface area contributed by atoms with Crippen LogP contribution in [0.25, 0.3) is 0 Å². The second-order valence-electron chi connectivity index (χ2n) is 5.02. The summed E-state index contributed by atoms with van der Waals surface area (Å²) in [5, 5.41) is 14.1. The van der Waals surface area contributed by atoms with Crippen LogP contribution in [0.5, 0.6) is 0 Å². The zero-order valence-electron chi connectivity index (χ0n) is 12.4. The minimum absolute atomic E-state index is 0.199. The van der Waals surface area contributed by atoms with Crippen molar-refractivity contribution in [1.82, 2.24) is 4.57 Å². The fraction of sp³-hybridized carbons (Fsp3) is 0.200. The van der Waals surface area contributed by atoms with Crippen LogP contribution in [-0.4, -0.2) is 15.4 Å². The van der Waals surface area contributed by atoms with E-state index in [2.05, 4.69) is 5.32 Å². The monoisotopic (exact) mass is 335 g/mol. The molecule has 7 nitrogen and oxygen atoms in total. The average Bonchev–Trinajstić information content (AvgIpc) is 2.51. The molecule has 0 aliphatic rings. The molecule has 120 valence electrons. The number of amides is 1. The fourth-order valence-electron chi connectivity index (χ4n) is 2.02. The molecule has 0 radical (unpaired) electrons. The second kappa shape index (κ2) is 6.62. The maximum absolute atomic E-state index is 12.3. The molecule has 1 amide bonds. The summed E-state index contributed by atoms with van der Waals surface area (Å²) in [6.45, 7) is 2.96. The van der Waals surface area contributed by atoms with Gasteiger partial charge >= 0.3 is 0 Å². The topological polar surface area (TPSA) is 94.2 Å². The van der Waals surface area contributed by atoms with Crippen molar-refractivity contribution in [3.8, 4) is 0 Å². The summed E-state index contributed by atoms with van der Waals surface area (Å²) < 4.78 is 1.05. The van der Waals surface area contributed by atoms with Crippen molar-refractivity contribution in [3.63, 3.8) is 0 Å². The van der Waals surface area contributed by atoms with Gasteiger partial charge in [0.05, 0.1) is 11.1 Å². The number of aryl methyl sites for hydroxylation is 1. The molecule has 0 aliphatic heterocycles. The number of hydrogen-bond donors (Lipinski definition) is 1. The Balaban J connectivity index is 2.30. The van der Waals surface area contributed by atoms with Gasteiger partial charge in [-0.05, 0) is 38.1 Å². The Labute approximate surface area is 136 Å². The highest BCUT2D eigenvalue weighted by molar-refractivity contribution is 6.30. The lowest BCUT2D eigenvalue weighted by molar-refractivity contribution is -0.385. The van der Waals surface area contributed by atoms with E-state index in [9.17, 15) is 19.7 Å². The molecule has 8 heteroatoms. The Morgan fingerprint density at radius 3 is 2.52 bits per heavy atom. The normalized spacial score (nSPS) is 11.8. The van der Waals surface area contributed by atoms with Gasteiger partial charge in [-0.1, -0.05) is 11.6 Å². The van der Waals surface area contributed by atoms with Crippen LogP contribution in [0.15, 0.2) is 41.3 Å². The van der Waals surface area contributed by atoms with Crippen molar-refractivity contribution in [2.24, 2.45) is 0 Å². The third-order valence-corrected chi connectivity index (χ3v) is 3.58. The molecule has 2 rings (SSSR count). The van der Waals surface area contributed by atoms with Gasteiger partial charge < -0.3 is 5.32 Å². The molecular weight excluding hydrogens is 322 g/mol. The minimum Gasteiger partial charge on any atom is -0.324 e. The van der Waals surface area contributed by atoms with Gasteiger partial charge in [0.1, 0.15) is 6.04 Å². The van der Waals surface area contributed by atoms with Crippen LogP contribution >= 0.6 is 11.6 Å². The molecule has 0 aliphatic carbocycles. The lowest BCUT2D eigenvalue weighted by Gasteiger charge is -2.15. The van der Waals surface area contributed by atoms with E-state index in [1.54, 1.807) is 24.3 Å². The molecule has 1 N–H and O–H groups in total. The van der Waals surface area contributed by atoms with E-state index in [1.165, 1.54) is 19.9 Å². The molecule has 0 fully saturated rings. The van der Waals surface area contributed by atoms with Crippen molar-refractivity contribution < 1.29 is 9.72 Å². The number of halogens is 1. The number of benzene rings is 1. The maximum Gasteiger partial charge on any atom is 0.286 e. The Morgan fingerprint density at radius 1 is 1.35 bits per heavy atom. The SMILES string of the molecule is Cc1cc([N+](=O)[O-])cn(C(C)C(=O)Nc2ccc(Cl)cc2)c1=O. The standard InChI is InChI=1S/C15H14ClN3O4/c1-9-7-13(19(22)23)8-18(15(9)21)10(2)14(20)17-12-5-3-11(16)4-6-12/h3-8,10H,1-2H3,(H,17,20). The van der Waals surface area contributed by atoms with Gasteiger partial charge in [0.15, 0.2) is 0 Å². The molecular formula is C15H14ClN3O4. The molecule has 2 aromatic rings. The molecule has 1 heterocycles. The predicted octanol–water partition coefficient (Wildman–Crippen LogP) is 2.92. The highest BCUT2D eigenvalue weighted by Gasteiger charge is 2.20. The highest BCUT2D eigenvalue weighted by atomic mass is 35.5. The summed E-state index contributed by atoms with van der Waals surface area (Å²) in [7, 11) is 0. The largest absolute Gasteiger partial charge is 0.324 e. The van der Waals surface area contributed by atoms with Crippen LogP contribution in [0.4, 0.5) is 11.4 Å². The lowest BCUT2D eigenvalue weighted by Crippen LogP contribution is -2.32. The number of nitrogens with one attached hydrogen (secondary N) is 1. The van der Waals surface area contributed by atoms with E-state index >= 15 is 0 Å². The van der Waals surface area contributed by atoms with Crippen LogP contribution < -0.4 is 10.9 Å². The number of anilines is 1. The van der Waals surface area contributed by atoms with E-state index in [-0.39, 0.29) is 11.3 Å². The van der Waals surface area contributed by atoms with Crippen molar-refractivity contribution in [1.29, 1.82) is 0 Å². The first-order valence-corrected chi connectivity index (χ1v) is 7.11. The number of aromatic nitrogens is 1. The number of carbonyl (C=O) groups excluding carboxylic acids is 1. The number of nitro groups is 1. The maximum atomic E-state index is 12.3. The van der Waals surface area contributed by atoms with Crippen molar-refractivity contribution in [3.05, 3.63) is 67.6 Å². The van der Waals surface area contributed by atoms with Crippen LogP contribution in [0, 0.1) is 17.0 Å². The molecule has 1 aromatic heterocycles. The third-order valence-electron chi connectivity index (χ3n) is 3.33. The molecule has 23 heavy (non-hydrogen) atoms. The molecule has 1 unspecified atom stereocenters. The number of pyridine rings is 1. The Morgan fingerprint density at radius 2 is 1.96 bits per heavy atom. The second-order valence-corrected chi connectivity index (χ2v) is 5.46. The van der Waals surface area contributed by atoms with Crippen LogP contribution in [0.2, 0.25) is 5.02 Å². The highest BCUT2D eigenvalue weighted by Crippen LogP contribution is 2.17. The number of hydrogen-bond acceptors (Lipinski definition) is 4. The van der Waals surface area contributed by atoms with Gasteiger partial charge in [-0.2, -0.15) is 0 Å². The smallest absolute Gasteiger partial charge is 0.286 e. The summed E-state index contributed by atoms with van der Waals surface area (Å²) in [6, 6.07) is 6.75. The predicted molar refractivity (Wildman–Crippen MR) is 86.9 cm³/mol. The molecule has 0 saturated carbocycles. The first-order valence-electron chi connectivity index (χ1n) is 6.73. The Hall–Kier alpha value is -2.67. The summed E-state index contributed by atoms with van der Waals surface area (Å²) in [4.78, 5) is 34.7. The number of rotatable bonds is 4.